The van der Waals surface area contributed by atoms with Gasteiger partial charge in [-0.25, -0.2) is 14.8 Å². The van der Waals surface area contributed by atoms with Crippen molar-refractivity contribution in [1.29, 1.82) is 0 Å². The number of rotatable bonds is 7. The molecule has 1 amide bonds. The molecule has 4 aromatic carbocycles. The summed E-state index contributed by atoms with van der Waals surface area (Å²) in [5, 5.41) is 16.4. The monoisotopic (exact) mass is 873 g/mol. The van der Waals surface area contributed by atoms with E-state index >= 15 is 0 Å². The van der Waals surface area contributed by atoms with Crippen LogP contribution in [0, 0.1) is 0 Å². The molecule has 0 bridgehead atoms. The van der Waals surface area contributed by atoms with E-state index in [0.29, 0.717) is 39.4 Å². The summed E-state index contributed by atoms with van der Waals surface area (Å²) in [6, 6.07) is 26.9. The summed E-state index contributed by atoms with van der Waals surface area (Å²) in [5.41, 5.74) is 12.5. The number of carboxylic acids is 1. The molecule has 326 valence electrons. The molecule has 10 aromatic rings. The van der Waals surface area contributed by atoms with Gasteiger partial charge in [0.15, 0.2) is 5.95 Å². The van der Waals surface area contributed by atoms with Crippen LogP contribution in [0.4, 0.5) is 11.8 Å². The van der Waals surface area contributed by atoms with E-state index in [0.717, 1.165) is 82.1 Å². The molecule has 1 aliphatic rings. The van der Waals surface area contributed by atoms with Crippen LogP contribution in [0.5, 0.6) is 0 Å². The number of amides is 1. The Labute approximate surface area is 378 Å². The number of aromatic amines is 1. The van der Waals surface area contributed by atoms with Crippen molar-refractivity contribution in [2.45, 2.75) is 6.54 Å². The SMILES string of the molecule is CN1CCN(Cc2ccc(NC(=O)c3ccc(-c4cncc5ccccc45)c4nccnc34)nc2)CC1.Nc1ncc[nH]1.O=C(O)c1ccc(-c2cncc3ccccc23)c2nccnc12. The van der Waals surface area contributed by atoms with Crippen LogP contribution in [0.2, 0.25) is 0 Å². The van der Waals surface area contributed by atoms with Gasteiger partial charge in [-0.2, -0.15) is 0 Å². The minimum Gasteiger partial charge on any atom is -0.478 e. The molecule has 0 atom stereocenters. The predicted molar refractivity (Wildman–Crippen MR) is 255 cm³/mol. The van der Waals surface area contributed by atoms with Crippen molar-refractivity contribution < 1.29 is 14.7 Å². The normalized spacial score (nSPS) is 12.9. The summed E-state index contributed by atoms with van der Waals surface area (Å²) in [4.78, 5) is 66.6. The van der Waals surface area contributed by atoms with Gasteiger partial charge in [0.05, 0.1) is 22.2 Å². The highest BCUT2D eigenvalue weighted by atomic mass is 16.4. The van der Waals surface area contributed by atoms with Crippen LogP contribution in [0.25, 0.3) is 65.9 Å². The number of carbonyl (C=O) groups is 2. The van der Waals surface area contributed by atoms with Crippen molar-refractivity contribution in [1.82, 2.24) is 54.7 Å². The number of aromatic carboxylic acids is 1. The van der Waals surface area contributed by atoms with Gasteiger partial charge in [-0.3, -0.25) is 39.6 Å². The standard InChI is InChI=1S/C29H27N7O.C18H11N3O2.C3H5N3/c1-35-12-14-36(15-13-35)19-20-6-9-26(33-16-20)34-29(37)24-8-7-23(27-28(24)32-11-10-31-27)25-18-30-17-21-4-2-3-5-22(21)25;22-18(23)14-6-5-13(16-17(14)21-8-7-20-16)15-10-19-9-11-3-1-2-4-12(11)15;4-3-5-1-2-6-3/h2-11,16-18H,12-15,19H2,1H3,(H,33,34,37);1-10H,(H,22,23);1-2H,(H3,4,5,6). The number of nitrogens with one attached hydrogen (secondary N) is 2. The fourth-order valence-corrected chi connectivity index (χ4v) is 7.88. The lowest BCUT2D eigenvalue weighted by molar-refractivity contribution is 0.0698. The van der Waals surface area contributed by atoms with Crippen LogP contribution in [0.3, 0.4) is 0 Å². The zero-order valence-electron chi connectivity index (χ0n) is 35.8. The number of carboxylic acid groups (broad SMARTS) is 1. The zero-order chi connectivity index (χ0) is 45.4. The van der Waals surface area contributed by atoms with E-state index in [1.54, 1.807) is 61.6 Å². The maximum Gasteiger partial charge on any atom is 0.337 e. The number of aromatic nitrogens is 9. The van der Waals surface area contributed by atoms with Gasteiger partial charge >= 0.3 is 5.97 Å². The highest BCUT2D eigenvalue weighted by molar-refractivity contribution is 6.14. The molecular weight excluding hydrogens is 831 g/mol. The van der Waals surface area contributed by atoms with E-state index < -0.39 is 5.97 Å². The molecule has 0 aliphatic carbocycles. The first-order chi connectivity index (χ1) is 32.3. The maximum atomic E-state index is 13.3. The average Bonchev–Trinajstić information content (AvgIpc) is 3.85. The molecule has 0 radical (unpaired) electrons. The van der Waals surface area contributed by atoms with Gasteiger partial charge in [0, 0.05) is 134 Å². The Morgan fingerprint density at radius 1 is 0.606 bits per heavy atom. The largest absolute Gasteiger partial charge is 0.478 e. The topological polar surface area (TPSA) is 218 Å². The van der Waals surface area contributed by atoms with Crippen molar-refractivity contribution >= 4 is 67.3 Å². The molecule has 6 aromatic heterocycles. The Bertz CT molecular complexity index is 3310. The van der Waals surface area contributed by atoms with E-state index in [4.69, 9.17) is 5.73 Å². The van der Waals surface area contributed by atoms with Gasteiger partial charge in [0.2, 0.25) is 0 Å². The second-order valence-electron chi connectivity index (χ2n) is 15.5. The first-order valence-electron chi connectivity index (χ1n) is 21.1. The molecular formula is C50H43N13O3. The third-order valence-electron chi connectivity index (χ3n) is 11.2. The van der Waals surface area contributed by atoms with Crippen LogP contribution >= 0.6 is 0 Å². The summed E-state index contributed by atoms with van der Waals surface area (Å²) in [5.74, 6) is -0.313. The average molecular weight is 874 g/mol. The van der Waals surface area contributed by atoms with Crippen molar-refractivity contribution in [3.05, 3.63) is 170 Å². The quantitative estimate of drug-likeness (QED) is 0.120. The van der Waals surface area contributed by atoms with Gasteiger partial charge in [-0.05, 0) is 41.6 Å². The first-order valence-corrected chi connectivity index (χ1v) is 21.1. The lowest BCUT2D eigenvalue weighted by Gasteiger charge is -2.32. The number of hydrogen-bond donors (Lipinski definition) is 4. The fourth-order valence-electron chi connectivity index (χ4n) is 7.88. The Balaban J connectivity index is 0.000000159. The van der Waals surface area contributed by atoms with Crippen LogP contribution in [-0.4, -0.2) is 105 Å². The Hall–Kier alpha value is -8.60. The number of hydrogen-bond acceptors (Lipinski definition) is 13. The smallest absolute Gasteiger partial charge is 0.337 e. The third-order valence-corrected chi connectivity index (χ3v) is 11.2. The van der Waals surface area contributed by atoms with Gasteiger partial charge in [0.1, 0.15) is 16.9 Å². The number of nitrogens with two attached hydrogens (primary N) is 1. The molecule has 7 heterocycles. The molecule has 0 saturated carbocycles. The number of pyridine rings is 3. The number of nitrogens with zero attached hydrogens (tertiary/aromatic N) is 10. The van der Waals surface area contributed by atoms with Crippen molar-refractivity contribution in [2.75, 3.05) is 44.3 Å². The number of H-pyrrole nitrogens is 1. The van der Waals surface area contributed by atoms with Crippen molar-refractivity contribution in [3.63, 3.8) is 0 Å². The number of imidazole rings is 1. The highest BCUT2D eigenvalue weighted by Crippen LogP contribution is 2.34. The van der Waals surface area contributed by atoms with Crippen LogP contribution < -0.4 is 11.1 Å². The molecule has 5 N–H and O–H groups in total. The Morgan fingerprint density at radius 3 is 1.68 bits per heavy atom. The zero-order valence-corrected chi connectivity index (χ0v) is 35.8. The van der Waals surface area contributed by atoms with Gasteiger partial charge in [-0.1, -0.05) is 66.7 Å². The number of benzene rings is 4. The van der Waals surface area contributed by atoms with Gasteiger partial charge in [0.25, 0.3) is 5.91 Å². The number of nitrogen functional groups attached to an aromatic ring is 1. The van der Waals surface area contributed by atoms with E-state index in [1.165, 1.54) is 6.20 Å². The third kappa shape index (κ3) is 9.35. The Morgan fingerprint density at radius 2 is 1.17 bits per heavy atom. The maximum absolute atomic E-state index is 13.3. The van der Waals surface area contributed by atoms with Crippen molar-refractivity contribution in [2.24, 2.45) is 0 Å². The molecule has 16 nitrogen and oxygen atoms in total. The van der Waals surface area contributed by atoms with E-state index in [-0.39, 0.29) is 11.5 Å². The molecule has 66 heavy (non-hydrogen) atoms. The predicted octanol–water partition coefficient (Wildman–Crippen LogP) is 7.77. The lowest BCUT2D eigenvalue weighted by atomic mass is 9.97. The summed E-state index contributed by atoms with van der Waals surface area (Å²) < 4.78 is 0. The summed E-state index contributed by atoms with van der Waals surface area (Å²) in [6.07, 6.45) is 18.7. The number of carbonyl (C=O) groups excluding carboxylic acids is 1. The second-order valence-corrected chi connectivity index (χ2v) is 15.5. The molecule has 11 rings (SSSR count). The molecule has 1 fully saturated rings. The Kier molecular flexibility index (Phi) is 12.6. The molecule has 1 saturated heterocycles. The molecule has 1 aliphatic heterocycles. The van der Waals surface area contributed by atoms with Crippen LogP contribution in [0.15, 0.2) is 153 Å². The second kappa shape index (κ2) is 19.4. The molecule has 16 heteroatoms. The number of fused-ring (bicyclic) bond motifs is 4. The summed E-state index contributed by atoms with van der Waals surface area (Å²) >= 11 is 0. The summed E-state index contributed by atoms with van der Waals surface area (Å²) in [7, 11) is 2.15. The number of likely N-dealkylation sites (N-methyl/N-ethyl adjacent to an activating group) is 1. The number of anilines is 2. The van der Waals surface area contributed by atoms with E-state index in [1.807, 2.05) is 79.3 Å². The van der Waals surface area contributed by atoms with Gasteiger partial charge < -0.3 is 26.0 Å². The van der Waals surface area contributed by atoms with E-state index in [9.17, 15) is 14.7 Å². The van der Waals surface area contributed by atoms with Gasteiger partial charge in [-0.15, -0.1) is 0 Å². The fraction of sp³-hybridized carbons (Fsp3) is 0.120. The summed E-state index contributed by atoms with van der Waals surface area (Å²) in [6.45, 7) is 5.12. The highest BCUT2D eigenvalue weighted by Gasteiger charge is 2.19. The molecule has 0 spiro atoms. The minimum absolute atomic E-state index is 0.144. The molecule has 0 unspecified atom stereocenters. The van der Waals surface area contributed by atoms with Crippen molar-refractivity contribution in [3.8, 4) is 22.3 Å². The number of piperazine rings is 1. The lowest BCUT2D eigenvalue weighted by Crippen LogP contribution is -2.43. The van der Waals surface area contributed by atoms with E-state index in [2.05, 4.69) is 73.1 Å². The first kappa shape index (κ1) is 42.7. The minimum atomic E-state index is -1.02. The van der Waals surface area contributed by atoms with Crippen LogP contribution in [-0.2, 0) is 6.54 Å². The van der Waals surface area contributed by atoms with Crippen LogP contribution in [0.1, 0.15) is 26.3 Å².